The molecule has 0 aromatic heterocycles. The van der Waals surface area contributed by atoms with Gasteiger partial charge in [0, 0.05) is 0 Å². The van der Waals surface area contributed by atoms with E-state index in [0.717, 1.165) is 12.2 Å². The van der Waals surface area contributed by atoms with Gasteiger partial charge in [-0.05, 0) is 12.2 Å². The highest BCUT2D eigenvalue weighted by atomic mass is 16.7. The van der Waals surface area contributed by atoms with Gasteiger partial charge >= 0.3 is 6.16 Å². The van der Waals surface area contributed by atoms with Gasteiger partial charge in [0.25, 0.3) is 5.60 Å². The minimum Gasteiger partial charge on any atom is -0.432 e. The van der Waals surface area contributed by atoms with Crippen LogP contribution in [0.15, 0.2) is 25.3 Å². The Bertz CT molecular complexity index is 424. The molecule has 0 fully saturated rings. The van der Waals surface area contributed by atoms with Gasteiger partial charge in [0.2, 0.25) is 11.6 Å². The maximum Gasteiger partial charge on any atom is 0.509 e. The van der Waals surface area contributed by atoms with E-state index in [0.29, 0.717) is 0 Å². The largest absolute Gasteiger partial charge is 0.509 e. The first-order valence-corrected chi connectivity index (χ1v) is 7.05. The molecule has 0 bridgehead atoms. The van der Waals surface area contributed by atoms with E-state index in [4.69, 9.17) is 29.2 Å². The highest BCUT2D eigenvalue weighted by molar-refractivity contribution is 6.19. The summed E-state index contributed by atoms with van der Waals surface area (Å²) >= 11 is 0. The zero-order chi connectivity index (χ0) is 18.4. The topological polar surface area (TPSA) is 129 Å². The van der Waals surface area contributed by atoms with Crippen LogP contribution in [0.4, 0.5) is 4.79 Å². The van der Waals surface area contributed by atoms with Crippen molar-refractivity contribution in [3.05, 3.63) is 25.3 Å². The molecule has 0 aromatic rings. The van der Waals surface area contributed by atoms with Gasteiger partial charge in [-0.2, -0.15) is 0 Å². The van der Waals surface area contributed by atoms with Gasteiger partial charge in [-0.3, -0.25) is 9.59 Å². The second-order valence-electron chi connectivity index (χ2n) is 4.28. The van der Waals surface area contributed by atoms with Gasteiger partial charge in [0.1, 0.15) is 13.2 Å². The van der Waals surface area contributed by atoms with Crippen LogP contribution in [0.3, 0.4) is 0 Å². The minimum atomic E-state index is -2.32. The summed E-state index contributed by atoms with van der Waals surface area (Å²) < 4.78 is 19.4. The second-order valence-corrected chi connectivity index (χ2v) is 4.28. The Morgan fingerprint density at radius 1 is 0.875 bits per heavy atom. The van der Waals surface area contributed by atoms with E-state index in [1.54, 1.807) is 0 Å². The number of aliphatic hydroxyl groups is 2. The van der Waals surface area contributed by atoms with Crippen LogP contribution in [0.5, 0.6) is 0 Å². The van der Waals surface area contributed by atoms with Gasteiger partial charge in [-0.1, -0.05) is 13.2 Å². The van der Waals surface area contributed by atoms with Gasteiger partial charge in [0.05, 0.1) is 33.0 Å². The van der Waals surface area contributed by atoms with E-state index < -0.39 is 29.9 Å². The lowest BCUT2D eigenvalue weighted by molar-refractivity contribution is -0.155. The highest BCUT2D eigenvalue weighted by Gasteiger charge is 2.47. The normalized spacial score (nSPS) is 10.8. The first-order valence-electron chi connectivity index (χ1n) is 7.05. The van der Waals surface area contributed by atoms with Crippen molar-refractivity contribution in [1.29, 1.82) is 0 Å². The van der Waals surface area contributed by atoms with E-state index in [1.807, 2.05) is 0 Å². The fourth-order valence-corrected chi connectivity index (χ4v) is 1.53. The van der Waals surface area contributed by atoms with Crippen LogP contribution in [-0.2, 0) is 28.5 Å². The van der Waals surface area contributed by atoms with Gasteiger partial charge in [-0.25, -0.2) is 4.79 Å². The standard InChI is InChI=1S/C15H22O9/c1-3-12(18)15(13(19)4-2,11-22-8-6-17)24-14(20)23-10-9-21-7-5-16/h3-4,16-17H,1-2,5-11H2. The zero-order valence-electron chi connectivity index (χ0n) is 13.3. The summed E-state index contributed by atoms with van der Waals surface area (Å²) in [4.78, 5) is 35.9. The maximum absolute atomic E-state index is 12.1. The maximum atomic E-state index is 12.1. The molecule has 0 radical (unpaired) electrons. The van der Waals surface area contributed by atoms with Crippen LogP contribution in [0, 0.1) is 0 Å². The molecule has 0 spiro atoms. The SMILES string of the molecule is C=CC(=O)C(COCCO)(OC(=O)OCCOCCO)C(=O)C=C. The Balaban J connectivity index is 4.98. The van der Waals surface area contributed by atoms with Gasteiger partial charge in [0.15, 0.2) is 0 Å². The van der Waals surface area contributed by atoms with Crippen molar-refractivity contribution >= 4 is 17.7 Å². The molecule has 0 aromatic carbocycles. The zero-order valence-corrected chi connectivity index (χ0v) is 13.3. The molecular formula is C15H22O9. The third-order valence-corrected chi connectivity index (χ3v) is 2.65. The van der Waals surface area contributed by atoms with Crippen molar-refractivity contribution < 1.29 is 43.5 Å². The molecule has 136 valence electrons. The Labute approximate surface area is 139 Å². The van der Waals surface area contributed by atoms with E-state index in [-0.39, 0.29) is 39.6 Å². The van der Waals surface area contributed by atoms with Crippen LogP contribution in [-0.4, -0.2) is 79.8 Å². The molecule has 0 rings (SSSR count). The van der Waals surface area contributed by atoms with Gasteiger partial charge < -0.3 is 29.2 Å². The fourth-order valence-electron chi connectivity index (χ4n) is 1.53. The number of rotatable bonds is 14. The number of carbonyl (C=O) groups is 3. The third-order valence-electron chi connectivity index (χ3n) is 2.65. The Morgan fingerprint density at radius 3 is 1.92 bits per heavy atom. The smallest absolute Gasteiger partial charge is 0.432 e. The molecule has 0 aliphatic rings. The summed E-state index contributed by atoms with van der Waals surface area (Å²) in [7, 11) is 0. The molecular weight excluding hydrogens is 324 g/mol. The monoisotopic (exact) mass is 346 g/mol. The lowest BCUT2D eigenvalue weighted by atomic mass is 9.93. The second kappa shape index (κ2) is 12.4. The highest BCUT2D eigenvalue weighted by Crippen LogP contribution is 2.18. The molecule has 0 saturated carbocycles. The quantitative estimate of drug-likeness (QED) is 0.183. The molecule has 0 unspecified atom stereocenters. The van der Waals surface area contributed by atoms with Crippen molar-refractivity contribution in [2.75, 3.05) is 46.2 Å². The molecule has 24 heavy (non-hydrogen) atoms. The summed E-state index contributed by atoms with van der Waals surface area (Å²) in [6, 6.07) is 0. The predicted octanol–water partition coefficient (Wildman–Crippen LogP) is -0.594. The van der Waals surface area contributed by atoms with Crippen LogP contribution in [0.1, 0.15) is 0 Å². The van der Waals surface area contributed by atoms with Crippen LogP contribution < -0.4 is 0 Å². The molecule has 2 N–H and O–H groups in total. The molecule has 0 aliphatic heterocycles. The first kappa shape index (κ1) is 21.9. The number of ether oxygens (including phenoxy) is 4. The summed E-state index contributed by atoms with van der Waals surface area (Å²) in [6.07, 6.45) is 0.323. The number of hydrogen-bond acceptors (Lipinski definition) is 9. The van der Waals surface area contributed by atoms with E-state index in [9.17, 15) is 14.4 Å². The third kappa shape index (κ3) is 7.01. The Kier molecular flexibility index (Phi) is 11.3. The lowest BCUT2D eigenvalue weighted by Crippen LogP contribution is -2.53. The van der Waals surface area contributed by atoms with Crippen molar-refractivity contribution in [3.63, 3.8) is 0 Å². The molecule has 0 saturated heterocycles. The van der Waals surface area contributed by atoms with Gasteiger partial charge in [-0.15, -0.1) is 0 Å². The minimum absolute atomic E-state index is 0.00547. The van der Waals surface area contributed by atoms with Crippen LogP contribution in [0.25, 0.3) is 0 Å². The van der Waals surface area contributed by atoms with Crippen LogP contribution >= 0.6 is 0 Å². The Hall–Kier alpha value is -2.07. The molecule has 9 heteroatoms. The number of ketones is 2. The molecule has 0 heterocycles. The average molecular weight is 346 g/mol. The summed E-state index contributed by atoms with van der Waals surface area (Å²) in [5.41, 5.74) is -2.32. The van der Waals surface area contributed by atoms with Crippen molar-refractivity contribution in [2.45, 2.75) is 5.60 Å². The summed E-state index contributed by atoms with van der Waals surface area (Å²) in [6.45, 7) is 5.03. The summed E-state index contributed by atoms with van der Waals surface area (Å²) in [5.74, 6) is -1.84. The molecule has 0 atom stereocenters. The average Bonchev–Trinajstić information content (AvgIpc) is 2.59. The first-order chi connectivity index (χ1) is 11.5. The van der Waals surface area contributed by atoms with Crippen molar-refractivity contribution in [1.82, 2.24) is 0 Å². The van der Waals surface area contributed by atoms with E-state index in [1.165, 1.54) is 0 Å². The summed E-state index contributed by atoms with van der Waals surface area (Å²) in [5, 5.41) is 17.2. The van der Waals surface area contributed by atoms with E-state index >= 15 is 0 Å². The number of carbonyl (C=O) groups excluding carboxylic acids is 3. The predicted molar refractivity (Wildman–Crippen MR) is 81.4 cm³/mol. The van der Waals surface area contributed by atoms with E-state index in [2.05, 4.69) is 13.2 Å². The molecule has 0 amide bonds. The van der Waals surface area contributed by atoms with Crippen molar-refractivity contribution in [3.8, 4) is 0 Å². The Morgan fingerprint density at radius 2 is 1.42 bits per heavy atom. The lowest BCUT2D eigenvalue weighted by Gasteiger charge is -2.27. The number of hydrogen-bond donors (Lipinski definition) is 2. The van der Waals surface area contributed by atoms with Crippen molar-refractivity contribution in [2.24, 2.45) is 0 Å². The molecule has 0 aliphatic carbocycles. The fraction of sp³-hybridized carbons (Fsp3) is 0.533. The number of aliphatic hydroxyl groups excluding tert-OH is 2. The molecule has 9 nitrogen and oxygen atoms in total. The van der Waals surface area contributed by atoms with Crippen LogP contribution in [0.2, 0.25) is 0 Å².